The van der Waals surface area contributed by atoms with Crippen LogP contribution in [0, 0.1) is 5.41 Å². The van der Waals surface area contributed by atoms with E-state index >= 15 is 0 Å². The summed E-state index contributed by atoms with van der Waals surface area (Å²) in [5.41, 5.74) is 0. The predicted octanol–water partition coefficient (Wildman–Crippen LogP) is 1.10. The van der Waals surface area contributed by atoms with Gasteiger partial charge in [0, 0.05) is 19.3 Å². The second-order valence-corrected chi connectivity index (χ2v) is 4.65. The number of carbonyl (C=O) groups excluding carboxylic acids is 5. The second kappa shape index (κ2) is 10.4. The summed E-state index contributed by atoms with van der Waals surface area (Å²) in [7, 11) is 0. The summed E-state index contributed by atoms with van der Waals surface area (Å²) >= 11 is 0. The van der Waals surface area contributed by atoms with Crippen LogP contribution in [-0.2, 0) is 33.4 Å². The third-order valence-corrected chi connectivity index (χ3v) is 2.38. The third-order valence-electron chi connectivity index (χ3n) is 2.38. The molecule has 8 nitrogen and oxygen atoms in total. The number of nitrogens with one attached hydrogen (secondary N) is 1. The fourth-order valence-corrected chi connectivity index (χ4v) is 1.24. The van der Waals surface area contributed by atoms with Crippen molar-refractivity contribution in [1.82, 2.24) is 0 Å². The topological polar surface area (TPSA) is 128 Å². The van der Waals surface area contributed by atoms with Crippen LogP contribution in [0.3, 0.4) is 0 Å². The standard InChI is InChI=1S/C14H19NO7/c1-9(16)3-6-12(18)21-11(15)5-8-14(20)22-13(19)7-4-10(2)17/h15H,3-8H2,1-2H3. The summed E-state index contributed by atoms with van der Waals surface area (Å²) in [5.74, 6) is -3.21. The molecular formula is C14H19NO7. The molecule has 0 radical (unpaired) electrons. The number of rotatable bonds is 9. The molecule has 0 aromatic carbocycles. The van der Waals surface area contributed by atoms with E-state index in [0.29, 0.717) is 0 Å². The molecular weight excluding hydrogens is 294 g/mol. The summed E-state index contributed by atoms with van der Waals surface area (Å²) in [6.45, 7) is 2.65. The van der Waals surface area contributed by atoms with Gasteiger partial charge in [0.05, 0.1) is 19.3 Å². The van der Waals surface area contributed by atoms with Crippen molar-refractivity contribution < 1.29 is 33.4 Å². The van der Waals surface area contributed by atoms with Gasteiger partial charge in [0.25, 0.3) is 0 Å². The zero-order chi connectivity index (χ0) is 17.1. The molecule has 0 bridgehead atoms. The zero-order valence-corrected chi connectivity index (χ0v) is 12.6. The minimum atomic E-state index is -0.863. The van der Waals surface area contributed by atoms with Crippen molar-refractivity contribution in [3.8, 4) is 0 Å². The van der Waals surface area contributed by atoms with Gasteiger partial charge in [-0.05, 0) is 13.8 Å². The van der Waals surface area contributed by atoms with Crippen molar-refractivity contribution in [3.05, 3.63) is 0 Å². The Labute approximate surface area is 127 Å². The lowest BCUT2D eigenvalue weighted by atomic mass is 10.2. The number of Topliss-reactive ketones (excluding diaryl/α,β-unsaturated/α-hetero) is 2. The van der Waals surface area contributed by atoms with Crippen LogP contribution >= 0.6 is 0 Å². The van der Waals surface area contributed by atoms with Gasteiger partial charge in [0.2, 0.25) is 0 Å². The molecule has 22 heavy (non-hydrogen) atoms. The maximum atomic E-state index is 11.3. The highest BCUT2D eigenvalue weighted by molar-refractivity contribution is 5.92. The van der Waals surface area contributed by atoms with E-state index in [1.807, 2.05) is 0 Å². The second-order valence-electron chi connectivity index (χ2n) is 4.65. The molecule has 1 N–H and O–H groups in total. The molecule has 0 atom stereocenters. The summed E-state index contributed by atoms with van der Waals surface area (Å²) in [6, 6.07) is 0. The minimum Gasteiger partial charge on any atom is -0.412 e. The Morgan fingerprint density at radius 1 is 0.636 bits per heavy atom. The molecule has 0 saturated carbocycles. The number of ketones is 2. The van der Waals surface area contributed by atoms with E-state index in [9.17, 15) is 24.0 Å². The summed E-state index contributed by atoms with van der Waals surface area (Å²) in [4.78, 5) is 55.0. The Kier molecular flexibility index (Phi) is 9.24. The van der Waals surface area contributed by atoms with Crippen LogP contribution in [0.15, 0.2) is 0 Å². The average molecular weight is 313 g/mol. The highest BCUT2D eigenvalue weighted by atomic mass is 16.6. The van der Waals surface area contributed by atoms with Crippen molar-refractivity contribution in [2.45, 2.75) is 52.4 Å². The molecule has 0 aromatic rings. The number of carbonyl (C=O) groups is 5. The molecule has 0 heterocycles. The monoisotopic (exact) mass is 313 g/mol. The molecule has 0 unspecified atom stereocenters. The lowest BCUT2D eigenvalue weighted by molar-refractivity contribution is -0.160. The molecule has 0 saturated heterocycles. The van der Waals surface area contributed by atoms with Gasteiger partial charge in [-0.3, -0.25) is 19.8 Å². The SMILES string of the molecule is CC(=O)CCC(=O)OC(=N)CCC(=O)OC(=O)CCC(C)=O. The van der Waals surface area contributed by atoms with Gasteiger partial charge >= 0.3 is 17.9 Å². The molecule has 0 spiro atoms. The maximum absolute atomic E-state index is 11.3. The van der Waals surface area contributed by atoms with Gasteiger partial charge in [0.1, 0.15) is 11.6 Å². The largest absolute Gasteiger partial charge is 0.412 e. The van der Waals surface area contributed by atoms with Gasteiger partial charge in [-0.1, -0.05) is 0 Å². The van der Waals surface area contributed by atoms with E-state index in [2.05, 4.69) is 9.47 Å². The summed E-state index contributed by atoms with van der Waals surface area (Å²) in [6.07, 6.45) is -0.798. The molecule has 122 valence electrons. The Balaban J connectivity index is 3.92. The molecule has 8 heteroatoms. The van der Waals surface area contributed by atoms with E-state index in [-0.39, 0.29) is 50.1 Å². The van der Waals surface area contributed by atoms with Crippen LogP contribution in [0.4, 0.5) is 0 Å². The number of hydrogen-bond acceptors (Lipinski definition) is 8. The van der Waals surface area contributed by atoms with Crippen LogP contribution < -0.4 is 0 Å². The van der Waals surface area contributed by atoms with Gasteiger partial charge in [-0.2, -0.15) is 0 Å². The van der Waals surface area contributed by atoms with E-state index in [1.165, 1.54) is 13.8 Å². The first-order valence-corrected chi connectivity index (χ1v) is 6.71. The molecule has 0 aliphatic heterocycles. The van der Waals surface area contributed by atoms with E-state index in [0.717, 1.165) is 0 Å². The van der Waals surface area contributed by atoms with Crippen LogP contribution in [0.1, 0.15) is 52.4 Å². The van der Waals surface area contributed by atoms with Crippen molar-refractivity contribution >= 4 is 35.4 Å². The van der Waals surface area contributed by atoms with Crippen molar-refractivity contribution in [3.63, 3.8) is 0 Å². The number of esters is 3. The van der Waals surface area contributed by atoms with Gasteiger partial charge < -0.3 is 19.1 Å². The summed E-state index contributed by atoms with van der Waals surface area (Å²) < 4.78 is 9.01. The van der Waals surface area contributed by atoms with Crippen molar-refractivity contribution in [2.75, 3.05) is 0 Å². The summed E-state index contributed by atoms with van der Waals surface area (Å²) in [5, 5.41) is 7.35. The Bertz CT molecular complexity index is 438. The lowest BCUT2D eigenvalue weighted by Crippen LogP contribution is -2.16. The van der Waals surface area contributed by atoms with Crippen LogP contribution in [0.25, 0.3) is 0 Å². The molecule has 0 amide bonds. The fourth-order valence-electron chi connectivity index (χ4n) is 1.24. The molecule has 0 aliphatic rings. The zero-order valence-electron chi connectivity index (χ0n) is 12.6. The molecule has 0 aliphatic carbocycles. The van der Waals surface area contributed by atoms with E-state index < -0.39 is 23.8 Å². The molecule has 0 fully saturated rings. The van der Waals surface area contributed by atoms with E-state index in [1.54, 1.807) is 0 Å². The van der Waals surface area contributed by atoms with Crippen LogP contribution in [0.5, 0.6) is 0 Å². The smallest absolute Gasteiger partial charge is 0.313 e. The van der Waals surface area contributed by atoms with Crippen molar-refractivity contribution in [1.29, 1.82) is 5.41 Å². The average Bonchev–Trinajstić information content (AvgIpc) is 2.40. The van der Waals surface area contributed by atoms with Crippen molar-refractivity contribution in [2.24, 2.45) is 0 Å². The van der Waals surface area contributed by atoms with Gasteiger partial charge in [-0.25, -0.2) is 0 Å². The lowest BCUT2D eigenvalue weighted by Gasteiger charge is -2.05. The normalized spacial score (nSPS) is 9.73. The molecule has 0 aromatic heterocycles. The quantitative estimate of drug-likeness (QED) is 0.292. The Hall–Kier alpha value is -2.38. The maximum Gasteiger partial charge on any atom is 0.313 e. The number of hydrogen-bond donors (Lipinski definition) is 1. The van der Waals surface area contributed by atoms with Gasteiger partial charge in [0.15, 0.2) is 5.90 Å². The number of ether oxygens (including phenoxy) is 2. The highest BCUT2D eigenvalue weighted by Gasteiger charge is 2.14. The first kappa shape index (κ1) is 19.6. The fraction of sp³-hybridized carbons (Fsp3) is 0.571. The third kappa shape index (κ3) is 11.4. The first-order chi connectivity index (χ1) is 10.2. The van der Waals surface area contributed by atoms with Crippen LogP contribution in [-0.4, -0.2) is 35.4 Å². The Morgan fingerprint density at radius 2 is 1.00 bits per heavy atom. The van der Waals surface area contributed by atoms with Gasteiger partial charge in [-0.15, -0.1) is 0 Å². The first-order valence-electron chi connectivity index (χ1n) is 6.71. The van der Waals surface area contributed by atoms with Crippen LogP contribution in [0.2, 0.25) is 0 Å². The highest BCUT2D eigenvalue weighted by Crippen LogP contribution is 2.02. The predicted molar refractivity (Wildman–Crippen MR) is 74.0 cm³/mol. The molecule has 0 rings (SSSR count). The van der Waals surface area contributed by atoms with E-state index in [4.69, 9.17) is 5.41 Å². The Morgan fingerprint density at radius 3 is 1.41 bits per heavy atom. The minimum absolute atomic E-state index is 0.00427.